The third kappa shape index (κ3) is 37.1. The zero-order chi connectivity index (χ0) is 38.2. The molecule has 0 saturated carbocycles. The molecule has 0 aliphatic heterocycles. The first-order valence-corrected chi connectivity index (χ1v) is 23.1. The van der Waals surface area contributed by atoms with E-state index in [-0.39, 0.29) is 25.7 Å². The normalized spacial score (nSPS) is 14.5. The molecule has 0 aliphatic rings. The summed E-state index contributed by atoms with van der Waals surface area (Å²) < 4.78 is 22.2. The SMILES string of the molecule is CCCCC/C=C\C/C=C\C/C=C\CCCCCCCCC(=O)NC(COP(=O)(O)OCCN)C(O)CCCCCCCCCCCCCCCC. The maximum Gasteiger partial charge on any atom is 0.472 e. The van der Waals surface area contributed by atoms with E-state index in [0.717, 1.165) is 64.2 Å². The molecule has 52 heavy (non-hydrogen) atoms. The van der Waals surface area contributed by atoms with Crippen molar-refractivity contribution in [2.24, 2.45) is 5.73 Å². The van der Waals surface area contributed by atoms with E-state index in [0.29, 0.717) is 12.8 Å². The Morgan fingerprint density at radius 3 is 1.58 bits per heavy atom. The Morgan fingerprint density at radius 1 is 0.635 bits per heavy atom. The Labute approximate surface area is 320 Å². The van der Waals surface area contributed by atoms with Crippen LogP contribution in [0.25, 0.3) is 0 Å². The molecular weight excluding hydrogens is 671 g/mol. The van der Waals surface area contributed by atoms with Crippen LogP contribution in [-0.2, 0) is 18.4 Å². The molecule has 0 radical (unpaired) electrons. The molecule has 0 bridgehead atoms. The van der Waals surface area contributed by atoms with Gasteiger partial charge in [-0.3, -0.25) is 13.8 Å². The van der Waals surface area contributed by atoms with Gasteiger partial charge in [-0.1, -0.05) is 179 Å². The average Bonchev–Trinajstić information content (AvgIpc) is 3.13. The number of carbonyl (C=O) groups is 1. The van der Waals surface area contributed by atoms with Crippen molar-refractivity contribution in [1.29, 1.82) is 0 Å². The minimum Gasteiger partial charge on any atom is -0.391 e. The largest absolute Gasteiger partial charge is 0.472 e. The van der Waals surface area contributed by atoms with Gasteiger partial charge in [0, 0.05) is 13.0 Å². The summed E-state index contributed by atoms with van der Waals surface area (Å²) in [5.41, 5.74) is 5.38. The summed E-state index contributed by atoms with van der Waals surface area (Å²) in [6, 6.07) is -0.780. The van der Waals surface area contributed by atoms with E-state index in [1.807, 2.05) is 0 Å². The molecule has 0 spiro atoms. The number of aliphatic hydroxyl groups is 1. The topological polar surface area (TPSA) is 131 Å². The molecule has 9 heteroatoms. The van der Waals surface area contributed by atoms with Crippen LogP contribution in [0.4, 0.5) is 0 Å². The third-order valence-electron chi connectivity index (χ3n) is 9.50. The van der Waals surface area contributed by atoms with Crippen LogP contribution < -0.4 is 11.1 Å². The Morgan fingerprint density at radius 2 is 1.06 bits per heavy atom. The van der Waals surface area contributed by atoms with Crippen molar-refractivity contribution in [2.75, 3.05) is 19.8 Å². The Hall–Kier alpha value is -1.28. The van der Waals surface area contributed by atoms with Crippen molar-refractivity contribution in [3.63, 3.8) is 0 Å². The quantitative estimate of drug-likeness (QED) is 0.0278. The van der Waals surface area contributed by atoms with Gasteiger partial charge in [0.2, 0.25) is 5.91 Å². The van der Waals surface area contributed by atoms with Gasteiger partial charge >= 0.3 is 7.82 Å². The Balaban J connectivity index is 4.19. The highest BCUT2D eigenvalue weighted by atomic mass is 31.2. The fraction of sp³-hybridized carbons (Fsp3) is 0.837. The summed E-state index contributed by atoms with van der Waals surface area (Å²) in [4.78, 5) is 22.7. The van der Waals surface area contributed by atoms with Crippen LogP contribution in [-0.4, -0.2) is 47.8 Å². The summed E-state index contributed by atoms with van der Waals surface area (Å²) >= 11 is 0. The molecule has 306 valence electrons. The monoisotopic (exact) mass is 755 g/mol. The zero-order valence-electron chi connectivity index (χ0n) is 33.8. The van der Waals surface area contributed by atoms with E-state index in [1.54, 1.807) is 0 Å². The molecule has 0 aromatic carbocycles. The second-order valence-electron chi connectivity index (χ2n) is 14.6. The zero-order valence-corrected chi connectivity index (χ0v) is 34.7. The van der Waals surface area contributed by atoms with Crippen LogP contribution in [0, 0.1) is 0 Å². The highest BCUT2D eigenvalue weighted by molar-refractivity contribution is 7.47. The van der Waals surface area contributed by atoms with Gasteiger partial charge in [-0.25, -0.2) is 4.57 Å². The molecule has 0 fully saturated rings. The molecule has 3 atom stereocenters. The van der Waals surface area contributed by atoms with Gasteiger partial charge in [0.25, 0.3) is 0 Å². The van der Waals surface area contributed by atoms with Gasteiger partial charge in [-0.05, 0) is 51.4 Å². The lowest BCUT2D eigenvalue weighted by atomic mass is 10.0. The molecule has 8 nitrogen and oxygen atoms in total. The summed E-state index contributed by atoms with van der Waals surface area (Å²) in [7, 11) is -4.32. The number of allylic oxidation sites excluding steroid dienone is 6. The number of phosphoric ester groups is 1. The van der Waals surface area contributed by atoms with Crippen molar-refractivity contribution < 1.29 is 28.4 Å². The van der Waals surface area contributed by atoms with Crippen LogP contribution >= 0.6 is 7.82 Å². The predicted octanol–water partition coefficient (Wildman–Crippen LogP) is 11.9. The number of hydrogen-bond donors (Lipinski definition) is 4. The average molecular weight is 755 g/mol. The highest BCUT2D eigenvalue weighted by Gasteiger charge is 2.27. The Bertz CT molecular complexity index is 912. The van der Waals surface area contributed by atoms with Gasteiger partial charge in [0.15, 0.2) is 0 Å². The maximum atomic E-state index is 12.8. The fourth-order valence-electron chi connectivity index (χ4n) is 6.20. The second kappa shape index (κ2) is 39.4. The number of nitrogens with two attached hydrogens (primary N) is 1. The van der Waals surface area contributed by atoms with Crippen molar-refractivity contribution in [3.8, 4) is 0 Å². The number of amides is 1. The lowest BCUT2D eigenvalue weighted by Crippen LogP contribution is -2.46. The second-order valence-corrected chi connectivity index (χ2v) is 16.0. The Kier molecular flexibility index (Phi) is 38.4. The molecule has 0 aliphatic carbocycles. The lowest BCUT2D eigenvalue weighted by molar-refractivity contribution is -0.123. The number of unbranched alkanes of at least 4 members (excludes halogenated alkanes) is 22. The van der Waals surface area contributed by atoms with Gasteiger partial charge in [-0.15, -0.1) is 0 Å². The summed E-state index contributed by atoms with van der Waals surface area (Å²) in [6.07, 6.45) is 45.7. The first-order valence-electron chi connectivity index (χ1n) is 21.6. The van der Waals surface area contributed by atoms with E-state index in [1.165, 1.54) is 109 Å². The third-order valence-corrected chi connectivity index (χ3v) is 10.5. The van der Waals surface area contributed by atoms with Crippen LogP contribution in [0.3, 0.4) is 0 Å². The molecule has 5 N–H and O–H groups in total. The number of phosphoric acid groups is 1. The number of aliphatic hydroxyl groups excluding tert-OH is 1. The molecule has 0 heterocycles. The standard InChI is InChI=1S/C43H83N2O6P/c1-3-5-7-9-11-13-15-17-19-20-21-22-23-25-27-29-31-33-35-37-43(47)45-41(40-51-52(48,49)50-39-38-44)42(46)36-34-32-30-28-26-24-18-16-14-12-10-8-6-4-2/h11,13,17,19,21-22,41-42,46H,3-10,12,14-16,18,20,23-40,44H2,1-2H3,(H,45,47)(H,48,49)/b13-11-,19-17-,22-21-. The fourth-order valence-corrected chi connectivity index (χ4v) is 6.96. The first kappa shape index (κ1) is 50.7. The van der Waals surface area contributed by atoms with Gasteiger partial charge in [0.1, 0.15) is 0 Å². The highest BCUT2D eigenvalue weighted by Crippen LogP contribution is 2.43. The van der Waals surface area contributed by atoms with Gasteiger partial charge < -0.3 is 21.1 Å². The molecule has 0 aromatic heterocycles. The predicted molar refractivity (Wildman–Crippen MR) is 221 cm³/mol. The molecule has 0 aromatic rings. The molecule has 0 saturated heterocycles. The van der Waals surface area contributed by atoms with E-state index < -0.39 is 20.0 Å². The lowest BCUT2D eigenvalue weighted by Gasteiger charge is -2.25. The minimum atomic E-state index is -4.32. The number of carbonyl (C=O) groups excluding carboxylic acids is 1. The summed E-state index contributed by atoms with van der Waals surface area (Å²) in [5.74, 6) is -0.175. The van der Waals surface area contributed by atoms with E-state index in [4.69, 9.17) is 14.8 Å². The van der Waals surface area contributed by atoms with Gasteiger partial charge in [-0.2, -0.15) is 0 Å². The number of rotatable bonds is 40. The molecule has 3 unspecified atom stereocenters. The first-order chi connectivity index (χ1) is 25.4. The van der Waals surface area contributed by atoms with Crippen molar-refractivity contribution in [2.45, 2.75) is 212 Å². The molecule has 1 amide bonds. The smallest absolute Gasteiger partial charge is 0.391 e. The van der Waals surface area contributed by atoms with Crippen LogP contribution in [0.2, 0.25) is 0 Å². The van der Waals surface area contributed by atoms with Crippen LogP contribution in [0.5, 0.6) is 0 Å². The van der Waals surface area contributed by atoms with E-state index in [9.17, 15) is 19.4 Å². The molecule has 0 rings (SSSR count). The van der Waals surface area contributed by atoms with Crippen LogP contribution in [0.1, 0.15) is 200 Å². The van der Waals surface area contributed by atoms with E-state index >= 15 is 0 Å². The summed E-state index contributed by atoms with van der Waals surface area (Å²) in [6.45, 7) is 4.17. The number of nitrogens with one attached hydrogen (secondary N) is 1. The maximum absolute atomic E-state index is 12.8. The summed E-state index contributed by atoms with van der Waals surface area (Å²) in [5, 5.41) is 13.8. The van der Waals surface area contributed by atoms with E-state index in [2.05, 4.69) is 55.6 Å². The van der Waals surface area contributed by atoms with Crippen molar-refractivity contribution >= 4 is 13.7 Å². The van der Waals surface area contributed by atoms with Gasteiger partial charge in [0.05, 0.1) is 25.4 Å². The molecular formula is C43H83N2O6P. The number of hydrogen-bond acceptors (Lipinski definition) is 6. The minimum absolute atomic E-state index is 0.0858. The van der Waals surface area contributed by atoms with Crippen molar-refractivity contribution in [1.82, 2.24) is 5.32 Å². The van der Waals surface area contributed by atoms with Crippen molar-refractivity contribution in [3.05, 3.63) is 36.5 Å². The van der Waals surface area contributed by atoms with Crippen LogP contribution in [0.15, 0.2) is 36.5 Å².